The van der Waals surface area contributed by atoms with Gasteiger partial charge < -0.3 is 20.0 Å². The van der Waals surface area contributed by atoms with Gasteiger partial charge in [0.05, 0.1) is 6.67 Å². The molecule has 0 atom stereocenters. The highest BCUT2D eigenvalue weighted by Gasteiger charge is 2.12. The van der Waals surface area contributed by atoms with Gasteiger partial charge >= 0.3 is 0 Å². The van der Waals surface area contributed by atoms with Gasteiger partial charge in [-0.3, -0.25) is 0 Å². The minimum atomic E-state index is 0.606. The van der Waals surface area contributed by atoms with Gasteiger partial charge in [0, 0.05) is 40.9 Å². The molecule has 1 heterocycles. The normalized spacial score (nSPS) is 10.3. The van der Waals surface area contributed by atoms with Gasteiger partial charge in [-0.25, -0.2) is 0 Å². The highest BCUT2D eigenvalue weighted by molar-refractivity contribution is 5.52. The molecular weight excluding hydrogens is 290 g/mol. The van der Waals surface area contributed by atoms with Gasteiger partial charge in [-0.1, -0.05) is 18.2 Å². The van der Waals surface area contributed by atoms with Crippen LogP contribution < -0.4 is 20.0 Å². The third kappa shape index (κ3) is 4.21. The summed E-state index contributed by atoms with van der Waals surface area (Å²) >= 11 is 0. The summed E-state index contributed by atoms with van der Waals surface area (Å²) in [6.45, 7) is 2.69. The zero-order chi connectivity index (χ0) is 17.0. The molecular formula is C16H25N7. The Kier molecular flexibility index (Phi) is 5.20. The molecule has 0 aliphatic heterocycles. The maximum absolute atomic E-state index is 4.51. The Hall–Kier alpha value is -2.57. The number of para-hydroxylation sites is 1. The number of anilines is 4. The number of aryl methyl sites for hydroxylation is 1. The van der Waals surface area contributed by atoms with Crippen LogP contribution in [0.3, 0.4) is 0 Å². The van der Waals surface area contributed by atoms with E-state index in [9.17, 15) is 0 Å². The predicted molar refractivity (Wildman–Crippen MR) is 96.6 cm³/mol. The topological polar surface area (TPSA) is 60.4 Å². The van der Waals surface area contributed by atoms with Crippen molar-refractivity contribution < 1.29 is 0 Å². The first-order chi connectivity index (χ1) is 10.9. The molecule has 0 saturated heterocycles. The molecule has 7 heteroatoms. The fourth-order valence-electron chi connectivity index (χ4n) is 1.96. The van der Waals surface area contributed by atoms with Crippen molar-refractivity contribution in [3.63, 3.8) is 0 Å². The van der Waals surface area contributed by atoms with Crippen LogP contribution in [0.1, 0.15) is 5.56 Å². The van der Waals surface area contributed by atoms with Crippen molar-refractivity contribution in [3.8, 4) is 0 Å². The fourth-order valence-corrected chi connectivity index (χ4v) is 1.96. The Balaban J connectivity index is 2.18. The number of nitrogens with one attached hydrogen (secondary N) is 1. The van der Waals surface area contributed by atoms with Gasteiger partial charge in [-0.15, -0.1) is 0 Å². The van der Waals surface area contributed by atoms with Gasteiger partial charge in [0.2, 0.25) is 17.8 Å². The summed E-state index contributed by atoms with van der Waals surface area (Å²) in [5.41, 5.74) is 2.31. The van der Waals surface area contributed by atoms with Crippen LogP contribution in [0.15, 0.2) is 24.3 Å². The van der Waals surface area contributed by atoms with Crippen molar-refractivity contribution >= 4 is 23.5 Å². The molecule has 0 unspecified atom stereocenters. The molecule has 0 aliphatic carbocycles. The SMILES string of the molecule is Cc1ccccc1NCN(C)c1nc(N(C)C)nc(N(C)C)n1. The summed E-state index contributed by atoms with van der Waals surface area (Å²) in [4.78, 5) is 19.2. The van der Waals surface area contributed by atoms with Gasteiger partial charge in [0.25, 0.3) is 0 Å². The highest BCUT2D eigenvalue weighted by Crippen LogP contribution is 2.17. The molecule has 1 N–H and O–H groups in total. The van der Waals surface area contributed by atoms with Crippen LogP contribution in [-0.2, 0) is 0 Å². The van der Waals surface area contributed by atoms with Crippen molar-refractivity contribution in [3.05, 3.63) is 29.8 Å². The van der Waals surface area contributed by atoms with Crippen molar-refractivity contribution in [2.24, 2.45) is 0 Å². The van der Waals surface area contributed by atoms with Gasteiger partial charge in [-0.2, -0.15) is 15.0 Å². The average molecular weight is 315 g/mol. The monoisotopic (exact) mass is 315 g/mol. The minimum absolute atomic E-state index is 0.606. The third-order valence-corrected chi connectivity index (χ3v) is 3.39. The van der Waals surface area contributed by atoms with E-state index in [1.165, 1.54) is 5.56 Å². The third-order valence-electron chi connectivity index (χ3n) is 3.39. The lowest BCUT2D eigenvalue weighted by Gasteiger charge is -2.22. The van der Waals surface area contributed by atoms with Crippen molar-refractivity contribution in [2.75, 3.05) is 61.9 Å². The summed E-state index contributed by atoms with van der Waals surface area (Å²) in [5, 5.41) is 3.41. The van der Waals surface area contributed by atoms with E-state index >= 15 is 0 Å². The summed E-state index contributed by atoms with van der Waals surface area (Å²) in [7, 11) is 9.64. The summed E-state index contributed by atoms with van der Waals surface area (Å²) in [6, 6.07) is 8.20. The molecule has 0 saturated carbocycles. The summed E-state index contributed by atoms with van der Waals surface area (Å²) < 4.78 is 0. The van der Waals surface area contributed by atoms with Crippen LogP contribution >= 0.6 is 0 Å². The molecule has 0 aliphatic rings. The highest BCUT2D eigenvalue weighted by atomic mass is 15.4. The first-order valence-electron chi connectivity index (χ1n) is 7.50. The van der Waals surface area contributed by atoms with E-state index in [-0.39, 0.29) is 0 Å². The number of rotatable bonds is 6. The number of hydrogen-bond donors (Lipinski definition) is 1. The average Bonchev–Trinajstić information content (AvgIpc) is 2.53. The smallest absolute Gasteiger partial charge is 0.233 e. The fraction of sp³-hybridized carbons (Fsp3) is 0.438. The lowest BCUT2D eigenvalue weighted by Crippen LogP contribution is -2.29. The maximum Gasteiger partial charge on any atom is 0.233 e. The van der Waals surface area contributed by atoms with E-state index < -0.39 is 0 Å². The second-order valence-corrected chi connectivity index (χ2v) is 5.87. The van der Waals surface area contributed by atoms with Gasteiger partial charge in [-0.05, 0) is 18.6 Å². The molecule has 0 spiro atoms. The molecule has 1 aromatic carbocycles. The van der Waals surface area contributed by atoms with Crippen LogP contribution in [-0.4, -0.2) is 56.9 Å². The van der Waals surface area contributed by atoms with E-state index in [0.717, 1.165) is 5.69 Å². The Bertz CT molecular complexity index is 628. The van der Waals surface area contributed by atoms with Gasteiger partial charge in [0.15, 0.2) is 0 Å². The largest absolute Gasteiger partial charge is 0.367 e. The Morgan fingerprint density at radius 2 is 1.35 bits per heavy atom. The van der Waals surface area contributed by atoms with E-state index in [1.807, 2.05) is 62.1 Å². The van der Waals surface area contributed by atoms with Gasteiger partial charge in [0.1, 0.15) is 0 Å². The van der Waals surface area contributed by atoms with Crippen LogP contribution in [0.25, 0.3) is 0 Å². The van der Waals surface area contributed by atoms with Crippen molar-refractivity contribution in [1.82, 2.24) is 15.0 Å². The molecule has 124 valence electrons. The lowest BCUT2D eigenvalue weighted by atomic mass is 10.2. The quantitative estimate of drug-likeness (QED) is 0.816. The maximum atomic E-state index is 4.51. The van der Waals surface area contributed by atoms with E-state index in [1.54, 1.807) is 0 Å². The molecule has 2 aromatic rings. The lowest BCUT2D eigenvalue weighted by molar-refractivity contribution is 0.854. The Morgan fingerprint density at radius 3 is 1.87 bits per heavy atom. The Morgan fingerprint density at radius 1 is 0.826 bits per heavy atom. The standard InChI is InChI=1S/C16H25N7/c1-12-9-7-8-10-13(12)17-11-23(6)16-19-14(21(2)3)18-15(20-16)22(4)5/h7-10,17H,11H2,1-6H3. The molecule has 0 radical (unpaired) electrons. The molecule has 2 rings (SSSR count). The molecule has 23 heavy (non-hydrogen) atoms. The van der Waals surface area contributed by atoms with Crippen LogP contribution in [0.2, 0.25) is 0 Å². The Labute approximate surface area is 138 Å². The van der Waals surface area contributed by atoms with E-state index in [0.29, 0.717) is 24.5 Å². The van der Waals surface area contributed by atoms with Crippen LogP contribution in [0, 0.1) is 6.92 Å². The first-order valence-corrected chi connectivity index (χ1v) is 7.50. The van der Waals surface area contributed by atoms with E-state index in [4.69, 9.17) is 0 Å². The molecule has 0 bridgehead atoms. The van der Waals surface area contributed by atoms with E-state index in [2.05, 4.69) is 39.3 Å². The zero-order valence-electron chi connectivity index (χ0n) is 14.7. The zero-order valence-corrected chi connectivity index (χ0v) is 14.7. The van der Waals surface area contributed by atoms with Crippen LogP contribution in [0.4, 0.5) is 23.5 Å². The number of hydrogen-bond acceptors (Lipinski definition) is 7. The van der Waals surface area contributed by atoms with Crippen molar-refractivity contribution in [2.45, 2.75) is 6.92 Å². The van der Waals surface area contributed by atoms with Crippen molar-refractivity contribution in [1.29, 1.82) is 0 Å². The molecule has 0 fully saturated rings. The molecule has 1 aromatic heterocycles. The summed E-state index contributed by atoms with van der Waals surface area (Å²) in [6.07, 6.45) is 0. The van der Waals surface area contributed by atoms with Crippen LogP contribution in [0.5, 0.6) is 0 Å². The number of nitrogens with zero attached hydrogens (tertiary/aromatic N) is 6. The number of aromatic nitrogens is 3. The second kappa shape index (κ2) is 7.13. The second-order valence-electron chi connectivity index (χ2n) is 5.87. The summed E-state index contributed by atoms with van der Waals surface area (Å²) in [5.74, 6) is 1.91. The minimum Gasteiger partial charge on any atom is -0.367 e. The first kappa shape index (κ1) is 16.8. The molecule has 7 nitrogen and oxygen atoms in total. The predicted octanol–water partition coefficient (Wildman–Crippen LogP) is 1.82. The molecule has 0 amide bonds. The number of benzene rings is 1.